The number of hydrogen-bond donors (Lipinski definition) is 2. The summed E-state index contributed by atoms with van der Waals surface area (Å²) in [5.41, 5.74) is 7.34. The minimum Gasteiger partial charge on any atom is -0.423 e. The molecule has 0 radical (unpaired) electrons. The molecule has 0 aliphatic rings. The van der Waals surface area contributed by atoms with E-state index < -0.39 is 7.12 Å². The average Bonchev–Trinajstić information content (AvgIpc) is 3.39. The molecule has 198 valence electrons. The molecule has 6 aromatic carbocycles. The minimum atomic E-state index is -1.56. The molecule has 0 saturated carbocycles. The van der Waals surface area contributed by atoms with Crippen LogP contribution in [0.25, 0.3) is 71.8 Å². The second-order valence-electron chi connectivity index (χ2n) is 10.5. The molecule has 0 unspecified atom stereocenters. The normalized spacial score (nSPS) is 11.6. The largest absolute Gasteiger partial charge is 0.488 e. The minimum absolute atomic E-state index is 0.438. The highest BCUT2D eigenvalue weighted by Crippen LogP contribution is 2.37. The van der Waals surface area contributed by atoms with Gasteiger partial charge in [-0.05, 0) is 34.1 Å². The van der Waals surface area contributed by atoms with E-state index in [1.165, 1.54) is 5.56 Å². The van der Waals surface area contributed by atoms with Crippen molar-refractivity contribution in [1.29, 1.82) is 0 Å². The third-order valence-corrected chi connectivity index (χ3v) is 8.03. The predicted molar refractivity (Wildman–Crippen MR) is 172 cm³/mol. The Labute approximate surface area is 242 Å². The van der Waals surface area contributed by atoms with E-state index in [0.29, 0.717) is 11.4 Å². The second-order valence-corrected chi connectivity index (χ2v) is 10.5. The smallest absolute Gasteiger partial charge is 0.423 e. The molecule has 0 fully saturated rings. The first-order chi connectivity index (χ1) is 20.7. The van der Waals surface area contributed by atoms with Crippen LogP contribution in [0.2, 0.25) is 0 Å². The predicted octanol–water partition coefficient (Wildman–Crippen LogP) is 6.89. The van der Waals surface area contributed by atoms with Crippen molar-refractivity contribution in [3.63, 3.8) is 0 Å². The van der Waals surface area contributed by atoms with E-state index in [-0.39, 0.29) is 0 Å². The molecule has 0 spiro atoms. The zero-order valence-electron chi connectivity index (χ0n) is 22.5. The van der Waals surface area contributed by atoms with Crippen LogP contribution in [0.1, 0.15) is 0 Å². The standard InChI is InChI=1S/C36H24BN3O2/c41-37(42)27-19-21-33-31(22-27)29-20-18-25-10-4-5-11-28(25)35(29)40(33)36-38-32-13-7-6-12-30(32)34(39-36)26-16-14-24(15-17-26)23-8-2-1-3-9-23/h1-22,41-42H. The zero-order chi connectivity index (χ0) is 28.2. The quantitative estimate of drug-likeness (QED) is 0.238. The third-order valence-electron chi connectivity index (χ3n) is 8.03. The fourth-order valence-corrected chi connectivity index (χ4v) is 6.00. The van der Waals surface area contributed by atoms with Crippen molar-refractivity contribution in [2.24, 2.45) is 0 Å². The molecule has 0 bridgehead atoms. The molecule has 8 rings (SSSR count). The molecule has 0 atom stereocenters. The molecule has 8 aromatic rings. The second kappa shape index (κ2) is 9.66. The molecule has 0 aliphatic heterocycles. The molecule has 42 heavy (non-hydrogen) atoms. The van der Waals surface area contributed by atoms with E-state index in [4.69, 9.17) is 9.97 Å². The summed E-state index contributed by atoms with van der Waals surface area (Å²) < 4.78 is 2.11. The molecule has 0 aliphatic carbocycles. The number of hydrogen-bond acceptors (Lipinski definition) is 4. The molecule has 6 heteroatoms. The van der Waals surface area contributed by atoms with Crippen molar-refractivity contribution in [3.8, 4) is 28.3 Å². The van der Waals surface area contributed by atoms with Crippen LogP contribution in [0.5, 0.6) is 0 Å². The summed E-state index contributed by atoms with van der Waals surface area (Å²) in [4.78, 5) is 10.3. The van der Waals surface area contributed by atoms with Crippen molar-refractivity contribution in [1.82, 2.24) is 14.5 Å². The molecule has 2 N–H and O–H groups in total. The van der Waals surface area contributed by atoms with E-state index in [1.54, 1.807) is 6.07 Å². The van der Waals surface area contributed by atoms with Crippen molar-refractivity contribution >= 4 is 56.1 Å². The van der Waals surface area contributed by atoms with Crippen LogP contribution in [-0.2, 0) is 0 Å². The Bertz CT molecular complexity index is 2280. The summed E-state index contributed by atoms with van der Waals surface area (Å²) >= 11 is 0. The summed E-state index contributed by atoms with van der Waals surface area (Å²) in [6, 6.07) is 44.9. The van der Waals surface area contributed by atoms with Gasteiger partial charge in [-0.15, -0.1) is 0 Å². The Morgan fingerprint density at radius 1 is 0.524 bits per heavy atom. The van der Waals surface area contributed by atoms with Crippen molar-refractivity contribution in [2.45, 2.75) is 0 Å². The molecule has 2 heterocycles. The molecule has 5 nitrogen and oxygen atoms in total. The number of aromatic nitrogens is 3. The van der Waals surface area contributed by atoms with Crippen LogP contribution in [-0.4, -0.2) is 31.7 Å². The molecule has 0 amide bonds. The van der Waals surface area contributed by atoms with E-state index in [0.717, 1.165) is 60.3 Å². The Morgan fingerprint density at radius 3 is 2.02 bits per heavy atom. The average molecular weight is 541 g/mol. The van der Waals surface area contributed by atoms with Crippen LogP contribution in [0.4, 0.5) is 0 Å². The monoisotopic (exact) mass is 541 g/mol. The van der Waals surface area contributed by atoms with Gasteiger partial charge in [-0.2, -0.15) is 0 Å². The van der Waals surface area contributed by atoms with Gasteiger partial charge in [0.1, 0.15) is 0 Å². The number of fused-ring (bicyclic) bond motifs is 6. The Kier molecular flexibility index (Phi) is 5.64. The van der Waals surface area contributed by atoms with Crippen LogP contribution in [0, 0.1) is 0 Å². The summed E-state index contributed by atoms with van der Waals surface area (Å²) in [5, 5.41) is 25.0. The van der Waals surface area contributed by atoms with Gasteiger partial charge in [0.05, 0.1) is 22.2 Å². The molecule has 0 saturated heterocycles. The highest BCUT2D eigenvalue weighted by molar-refractivity contribution is 6.59. The Balaban J connectivity index is 1.42. The lowest BCUT2D eigenvalue weighted by molar-refractivity contribution is 0.426. The topological polar surface area (TPSA) is 71.2 Å². The maximum atomic E-state index is 9.95. The van der Waals surface area contributed by atoms with Crippen LogP contribution in [0.15, 0.2) is 133 Å². The highest BCUT2D eigenvalue weighted by Gasteiger charge is 2.21. The van der Waals surface area contributed by atoms with Gasteiger partial charge in [-0.3, -0.25) is 4.57 Å². The Hall–Kier alpha value is -5.30. The summed E-state index contributed by atoms with van der Waals surface area (Å²) in [6.45, 7) is 0. The van der Waals surface area contributed by atoms with Crippen LogP contribution < -0.4 is 5.46 Å². The summed E-state index contributed by atoms with van der Waals surface area (Å²) in [5.74, 6) is 0.560. The van der Waals surface area contributed by atoms with Crippen molar-refractivity contribution in [2.75, 3.05) is 0 Å². The van der Waals surface area contributed by atoms with Crippen LogP contribution in [0.3, 0.4) is 0 Å². The van der Waals surface area contributed by atoms with Crippen molar-refractivity contribution < 1.29 is 10.0 Å². The van der Waals surface area contributed by atoms with Gasteiger partial charge in [-0.1, -0.05) is 121 Å². The fraction of sp³-hybridized carbons (Fsp3) is 0. The van der Waals surface area contributed by atoms with E-state index >= 15 is 0 Å². The van der Waals surface area contributed by atoms with Gasteiger partial charge in [0, 0.05) is 27.1 Å². The first-order valence-electron chi connectivity index (χ1n) is 13.9. The van der Waals surface area contributed by atoms with E-state index in [9.17, 15) is 10.0 Å². The van der Waals surface area contributed by atoms with Gasteiger partial charge in [0.25, 0.3) is 0 Å². The lowest BCUT2D eigenvalue weighted by Gasteiger charge is -2.13. The first kappa shape index (κ1) is 24.5. The summed E-state index contributed by atoms with van der Waals surface area (Å²) in [6.07, 6.45) is 0. The fourth-order valence-electron chi connectivity index (χ4n) is 6.00. The number of para-hydroxylation sites is 1. The van der Waals surface area contributed by atoms with E-state index in [2.05, 4.69) is 71.3 Å². The Morgan fingerprint density at radius 2 is 1.21 bits per heavy atom. The SMILES string of the molecule is OB(O)c1ccc2c(c1)c1ccc3ccccc3c1n2-c1nc(-c2ccc(-c3ccccc3)cc2)c2ccccc2n1. The number of rotatable bonds is 4. The van der Waals surface area contributed by atoms with Gasteiger partial charge in [-0.25, -0.2) is 9.97 Å². The van der Waals surface area contributed by atoms with Crippen LogP contribution >= 0.6 is 0 Å². The lowest BCUT2D eigenvalue weighted by atomic mass is 9.80. The molecular formula is C36H24BN3O2. The van der Waals surface area contributed by atoms with Gasteiger partial charge >= 0.3 is 7.12 Å². The number of nitrogens with zero attached hydrogens (tertiary/aromatic N) is 3. The van der Waals surface area contributed by atoms with E-state index in [1.807, 2.05) is 60.7 Å². The van der Waals surface area contributed by atoms with Gasteiger partial charge in [0.15, 0.2) is 0 Å². The van der Waals surface area contributed by atoms with Gasteiger partial charge < -0.3 is 10.0 Å². The first-order valence-corrected chi connectivity index (χ1v) is 13.9. The zero-order valence-corrected chi connectivity index (χ0v) is 22.5. The number of benzene rings is 6. The molecule has 2 aromatic heterocycles. The van der Waals surface area contributed by atoms with Crippen molar-refractivity contribution in [3.05, 3.63) is 133 Å². The maximum absolute atomic E-state index is 9.95. The third kappa shape index (κ3) is 3.89. The lowest BCUT2D eigenvalue weighted by Crippen LogP contribution is -2.29. The highest BCUT2D eigenvalue weighted by atomic mass is 16.4. The van der Waals surface area contributed by atoms with Gasteiger partial charge in [0.2, 0.25) is 5.95 Å². The summed E-state index contributed by atoms with van der Waals surface area (Å²) in [7, 11) is -1.56. The maximum Gasteiger partial charge on any atom is 0.488 e. The molecular weight excluding hydrogens is 517 g/mol.